The Morgan fingerprint density at radius 2 is 2.07 bits per heavy atom. The Balaban J connectivity index is 2.13. The van der Waals surface area contributed by atoms with Crippen LogP contribution in [0, 0.1) is 5.41 Å². The Kier molecular flexibility index (Phi) is 2.46. The van der Waals surface area contributed by atoms with Crippen molar-refractivity contribution in [2.24, 2.45) is 0 Å². The van der Waals surface area contributed by atoms with Crippen molar-refractivity contribution in [1.82, 2.24) is 9.80 Å². The highest BCUT2D eigenvalue weighted by Crippen LogP contribution is 2.22. The first-order valence-electron chi connectivity index (χ1n) is 5.25. The molecule has 1 unspecified atom stereocenters. The fourth-order valence-corrected chi connectivity index (χ4v) is 2.23. The predicted octanol–water partition coefficient (Wildman–Crippen LogP) is 0.207. The molecule has 2 amide bonds. The zero-order chi connectivity index (χ0) is 11.0. The first-order valence-corrected chi connectivity index (χ1v) is 5.25. The highest BCUT2D eigenvalue weighted by Gasteiger charge is 2.37. The van der Waals surface area contributed by atoms with Gasteiger partial charge in [-0.05, 0) is 12.8 Å². The van der Waals surface area contributed by atoms with Gasteiger partial charge in [-0.1, -0.05) is 0 Å². The van der Waals surface area contributed by atoms with Gasteiger partial charge < -0.3 is 4.90 Å². The van der Waals surface area contributed by atoms with Gasteiger partial charge in [-0.2, -0.15) is 0 Å². The number of carbonyl (C=O) groups is 2. The number of hydrogen-bond acceptors (Lipinski definition) is 3. The van der Waals surface area contributed by atoms with E-state index in [0.717, 1.165) is 19.4 Å². The zero-order valence-electron chi connectivity index (χ0n) is 8.82. The number of amides is 2. The molecule has 2 rings (SSSR count). The number of amidine groups is 1. The monoisotopic (exact) mass is 209 g/mol. The molecular weight excluding hydrogens is 194 g/mol. The Labute approximate surface area is 88.5 Å². The predicted molar refractivity (Wildman–Crippen MR) is 54.5 cm³/mol. The number of piperidine rings is 1. The number of likely N-dealkylation sites (tertiary alicyclic amines) is 2. The zero-order valence-corrected chi connectivity index (χ0v) is 8.82. The normalized spacial score (nSPS) is 27.8. The highest BCUT2D eigenvalue weighted by atomic mass is 16.2. The maximum absolute atomic E-state index is 11.8. The molecule has 2 saturated heterocycles. The largest absolute Gasteiger partial charge is 0.348 e. The third-order valence-corrected chi connectivity index (χ3v) is 3.16. The van der Waals surface area contributed by atoms with Crippen molar-refractivity contribution < 1.29 is 9.59 Å². The molecule has 0 aromatic rings. The van der Waals surface area contributed by atoms with E-state index in [1.807, 2.05) is 4.90 Å². The molecule has 2 aliphatic heterocycles. The van der Waals surface area contributed by atoms with E-state index in [0.29, 0.717) is 18.7 Å². The van der Waals surface area contributed by atoms with Crippen LogP contribution in [0.2, 0.25) is 0 Å². The van der Waals surface area contributed by atoms with Crippen molar-refractivity contribution >= 4 is 17.6 Å². The summed E-state index contributed by atoms with van der Waals surface area (Å²) in [5.41, 5.74) is 0. The molecule has 0 aromatic heterocycles. The van der Waals surface area contributed by atoms with E-state index >= 15 is 0 Å². The van der Waals surface area contributed by atoms with E-state index < -0.39 is 0 Å². The second kappa shape index (κ2) is 3.64. The maximum atomic E-state index is 11.8. The Morgan fingerprint density at radius 3 is 2.67 bits per heavy atom. The van der Waals surface area contributed by atoms with E-state index in [9.17, 15) is 9.59 Å². The maximum Gasteiger partial charge on any atom is 0.251 e. The summed E-state index contributed by atoms with van der Waals surface area (Å²) >= 11 is 0. The molecule has 0 aliphatic carbocycles. The van der Waals surface area contributed by atoms with Crippen molar-refractivity contribution in [3.8, 4) is 0 Å². The molecule has 0 saturated carbocycles. The van der Waals surface area contributed by atoms with Crippen LogP contribution in [0.25, 0.3) is 0 Å². The van der Waals surface area contributed by atoms with Crippen LogP contribution >= 0.6 is 0 Å². The molecule has 0 aromatic carbocycles. The average molecular weight is 209 g/mol. The summed E-state index contributed by atoms with van der Waals surface area (Å²) < 4.78 is 0. The van der Waals surface area contributed by atoms with Gasteiger partial charge in [0.2, 0.25) is 5.91 Å². The molecule has 2 heterocycles. The SMILES string of the molecule is CN1C(=O)CCC(N2CCCC2=N)C1=O. The van der Waals surface area contributed by atoms with Crippen LogP contribution in [0.3, 0.4) is 0 Å². The average Bonchev–Trinajstić information content (AvgIpc) is 2.62. The van der Waals surface area contributed by atoms with Gasteiger partial charge in [0.1, 0.15) is 6.04 Å². The van der Waals surface area contributed by atoms with E-state index in [1.54, 1.807) is 0 Å². The number of likely N-dealkylation sites (N-methyl/N-ethyl adjacent to an activating group) is 1. The number of hydrogen-bond donors (Lipinski definition) is 1. The summed E-state index contributed by atoms with van der Waals surface area (Å²) in [6.07, 6.45) is 2.67. The second-order valence-electron chi connectivity index (χ2n) is 4.09. The minimum atomic E-state index is -0.275. The number of rotatable bonds is 1. The minimum Gasteiger partial charge on any atom is -0.348 e. The molecule has 5 nitrogen and oxygen atoms in total. The Bertz CT molecular complexity index is 327. The second-order valence-corrected chi connectivity index (χ2v) is 4.09. The van der Waals surface area contributed by atoms with Gasteiger partial charge in [-0.3, -0.25) is 19.9 Å². The quantitative estimate of drug-likeness (QED) is 0.628. The number of imide groups is 1. The highest BCUT2D eigenvalue weighted by molar-refractivity contribution is 6.01. The smallest absolute Gasteiger partial charge is 0.251 e. The number of nitrogens with zero attached hydrogens (tertiary/aromatic N) is 2. The van der Waals surface area contributed by atoms with Crippen LogP contribution < -0.4 is 0 Å². The number of carbonyl (C=O) groups excluding carboxylic acids is 2. The van der Waals surface area contributed by atoms with Crippen molar-refractivity contribution in [1.29, 1.82) is 5.41 Å². The van der Waals surface area contributed by atoms with E-state index in [1.165, 1.54) is 11.9 Å². The van der Waals surface area contributed by atoms with Gasteiger partial charge in [0, 0.05) is 26.4 Å². The molecule has 82 valence electrons. The lowest BCUT2D eigenvalue weighted by Gasteiger charge is -2.34. The standard InChI is InChI=1S/C10H15N3O2/c1-12-9(14)5-4-7(10(12)15)13-6-2-3-8(13)11/h7,11H,2-6H2,1H3. The summed E-state index contributed by atoms with van der Waals surface area (Å²) in [7, 11) is 1.52. The van der Waals surface area contributed by atoms with Crippen LogP contribution in [0.1, 0.15) is 25.7 Å². The van der Waals surface area contributed by atoms with E-state index in [2.05, 4.69) is 0 Å². The summed E-state index contributed by atoms with van der Waals surface area (Å²) in [6, 6.07) is -0.275. The van der Waals surface area contributed by atoms with Gasteiger partial charge >= 0.3 is 0 Å². The molecule has 15 heavy (non-hydrogen) atoms. The van der Waals surface area contributed by atoms with Crippen molar-refractivity contribution in [2.75, 3.05) is 13.6 Å². The van der Waals surface area contributed by atoms with Crippen molar-refractivity contribution in [2.45, 2.75) is 31.7 Å². The van der Waals surface area contributed by atoms with Gasteiger partial charge in [-0.25, -0.2) is 0 Å². The van der Waals surface area contributed by atoms with Crippen molar-refractivity contribution in [3.63, 3.8) is 0 Å². The molecule has 1 N–H and O–H groups in total. The molecule has 0 spiro atoms. The summed E-state index contributed by atoms with van der Waals surface area (Å²) in [5.74, 6) is 0.274. The lowest BCUT2D eigenvalue weighted by atomic mass is 10.0. The summed E-state index contributed by atoms with van der Waals surface area (Å²) in [5, 5.41) is 7.72. The molecule has 0 radical (unpaired) electrons. The fourth-order valence-electron chi connectivity index (χ4n) is 2.23. The van der Waals surface area contributed by atoms with Gasteiger partial charge in [0.15, 0.2) is 0 Å². The summed E-state index contributed by atoms with van der Waals surface area (Å²) in [6.45, 7) is 0.775. The molecule has 2 aliphatic rings. The van der Waals surface area contributed by atoms with Crippen LogP contribution in [0.5, 0.6) is 0 Å². The fraction of sp³-hybridized carbons (Fsp3) is 0.700. The van der Waals surface area contributed by atoms with Crippen LogP contribution in [0.15, 0.2) is 0 Å². The van der Waals surface area contributed by atoms with Crippen LogP contribution in [0.4, 0.5) is 0 Å². The van der Waals surface area contributed by atoms with E-state index in [-0.39, 0.29) is 17.9 Å². The molecule has 1 atom stereocenters. The summed E-state index contributed by atoms with van der Waals surface area (Å²) in [4.78, 5) is 26.1. The van der Waals surface area contributed by atoms with Crippen molar-refractivity contribution in [3.05, 3.63) is 0 Å². The van der Waals surface area contributed by atoms with E-state index in [4.69, 9.17) is 5.41 Å². The molecule has 2 fully saturated rings. The van der Waals surface area contributed by atoms with Crippen LogP contribution in [-0.2, 0) is 9.59 Å². The first kappa shape index (κ1) is 10.1. The molecular formula is C10H15N3O2. The Morgan fingerprint density at radius 1 is 1.33 bits per heavy atom. The van der Waals surface area contributed by atoms with Crippen LogP contribution in [-0.4, -0.2) is 47.1 Å². The molecule has 5 heteroatoms. The Hall–Kier alpha value is -1.39. The van der Waals surface area contributed by atoms with Gasteiger partial charge in [0.05, 0.1) is 5.84 Å². The molecule has 0 bridgehead atoms. The lowest BCUT2D eigenvalue weighted by molar-refractivity contribution is -0.149. The van der Waals surface area contributed by atoms with Gasteiger partial charge in [-0.15, -0.1) is 0 Å². The third kappa shape index (κ3) is 1.62. The first-order chi connectivity index (χ1) is 7.11. The van der Waals surface area contributed by atoms with Gasteiger partial charge in [0.25, 0.3) is 5.91 Å². The lowest BCUT2D eigenvalue weighted by Crippen LogP contribution is -2.53. The topological polar surface area (TPSA) is 64.5 Å². The number of nitrogens with one attached hydrogen (secondary N) is 1. The third-order valence-electron chi connectivity index (χ3n) is 3.16. The minimum absolute atomic E-state index is 0.109.